The van der Waals surface area contributed by atoms with Gasteiger partial charge in [0.15, 0.2) is 5.65 Å². The normalized spacial score (nSPS) is 13.6. The molecule has 0 bridgehead atoms. The number of nitrogens with one attached hydrogen (secondary N) is 4. The zero-order chi connectivity index (χ0) is 18.3. The Morgan fingerprint density at radius 3 is 3.00 bits per heavy atom. The Morgan fingerprint density at radius 2 is 2.15 bits per heavy atom. The Kier molecular flexibility index (Phi) is 4.04. The van der Waals surface area contributed by atoms with Crippen molar-refractivity contribution >= 4 is 16.9 Å². The summed E-state index contributed by atoms with van der Waals surface area (Å²) in [5, 5.41) is 11.9. The molecule has 0 saturated heterocycles. The lowest BCUT2D eigenvalue weighted by Crippen LogP contribution is -2.29. The number of nitrogens with zero attached hydrogens (tertiary/aromatic N) is 2. The molecule has 0 aliphatic carbocycles. The van der Waals surface area contributed by atoms with E-state index in [2.05, 4.69) is 30.8 Å². The van der Waals surface area contributed by atoms with Gasteiger partial charge in [-0.25, -0.2) is 4.98 Å². The summed E-state index contributed by atoms with van der Waals surface area (Å²) in [7, 11) is 0. The van der Waals surface area contributed by atoms with Crippen molar-refractivity contribution in [3.8, 4) is 0 Å². The molecule has 8 heteroatoms. The average Bonchev–Trinajstić information content (AvgIpc) is 3.02. The van der Waals surface area contributed by atoms with Crippen LogP contribution >= 0.6 is 0 Å². The monoisotopic (exact) mass is 352 g/mol. The minimum Gasteiger partial charge on any atom is -0.347 e. The molecule has 3 aromatic rings. The molecule has 0 unspecified atom stereocenters. The number of H-pyrrole nitrogens is 2. The molecule has 0 aromatic carbocycles. The Balaban J connectivity index is 1.59. The van der Waals surface area contributed by atoms with E-state index >= 15 is 0 Å². The van der Waals surface area contributed by atoms with E-state index < -0.39 is 0 Å². The Hall–Kier alpha value is -3.00. The third kappa shape index (κ3) is 2.78. The highest BCUT2D eigenvalue weighted by Gasteiger charge is 2.18. The average molecular weight is 352 g/mol. The van der Waals surface area contributed by atoms with Gasteiger partial charge >= 0.3 is 0 Å². The zero-order valence-corrected chi connectivity index (χ0v) is 14.7. The number of rotatable bonds is 3. The molecule has 0 spiro atoms. The van der Waals surface area contributed by atoms with Crippen LogP contribution in [-0.2, 0) is 19.5 Å². The second-order valence-corrected chi connectivity index (χ2v) is 6.56. The van der Waals surface area contributed by atoms with E-state index in [9.17, 15) is 9.59 Å². The van der Waals surface area contributed by atoms with E-state index in [1.807, 2.05) is 13.1 Å². The maximum Gasteiger partial charge on any atom is 0.273 e. The van der Waals surface area contributed by atoms with Crippen molar-refractivity contribution in [3.05, 3.63) is 56.3 Å². The molecule has 0 fully saturated rings. The van der Waals surface area contributed by atoms with E-state index in [-0.39, 0.29) is 17.2 Å². The highest BCUT2D eigenvalue weighted by atomic mass is 16.2. The number of hydrogen-bond acceptors (Lipinski definition) is 5. The highest BCUT2D eigenvalue weighted by molar-refractivity contribution is 5.95. The summed E-state index contributed by atoms with van der Waals surface area (Å²) >= 11 is 0. The van der Waals surface area contributed by atoms with Gasteiger partial charge < -0.3 is 10.6 Å². The molecular formula is C18H20N6O2. The molecule has 1 amide bonds. The number of amides is 1. The van der Waals surface area contributed by atoms with Crippen LogP contribution in [0.1, 0.15) is 38.4 Å². The lowest BCUT2D eigenvalue weighted by atomic mass is 9.96. The first kappa shape index (κ1) is 16.5. The lowest BCUT2D eigenvalue weighted by Gasteiger charge is -2.21. The number of carbonyl (C=O) groups is 1. The third-order valence-corrected chi connectivity index (χ3v) is 4.87. The molecule has 8 nitrogen and oxygen atoms in total. The number of hydrogen-bond donors (Lipinski definition) is 4. The van der Waals surface area contributed by atoms with Gasteiger partial charge in [0.1, 0.15) is 5.69 Å². The summed E-state index contributed by atoms with van der Waals surface area (Å²) in [5.74, 6) is -0.275. The summed E-state index contributed by atoms with van der Waals surface area (Å²) in [6.07, 6.45) is 2.83. The second-order valence-electron chi connectivity index (χ2n) is 6.56. The van der Waals surface area contributed by atoms with Crippen molar-refractivity contribution in [1.29, 1.82) is 0 Å². The van der Waals surface area contributed by atoms with Gasteiger partial charge in [-0.05, 0) is 55.1 Å². The number of carbonyl (C=O) groups excluding carboxylic acids is 1. The molecule has 4 heterocycles. The van der Waals surface area contributed by atoms with Crippen LogP contribution in [0.2, 0.25) is 0 Å². The highest BCUT2D eigenvalue weighted by Crippen LogP contribution is 2.20. The molecule has 3 aromatic heterocycles. The van der Waals surface area contributed by atoms with Crippen LogP contribution in [0.25, 0.3) is 11.0 Å². The Labute approximate surface area is 149 Å². The quantitative estimate of drug-likeness (QED) is 0.557. The third-order valence-electron chi connectivity index (χ3n) is 4.87. The molecule has 1 aliphatic rings. The molecule has 26 heavy (non-hydrogen) atoms. The summed E-state index contributed by atoms with van der Waals surface area (Å²) in [6.45, 7) is 5.89. The molecule has 4 N–H and O–H groups in total. The molecule has 1 aliphatic heterocycles. The van der Waals surface area contributed by atoms with Crippen molar-refractivity contribution in [2.75, 3.05) is 6.54 Å². The number of aromatic amines is 2. The van der Waals surface area contributed by atoms with Crippen LogP contribution < -0.4 is 16.2 Å². The van der Waals surface area contributed by atoms with Gasteiger partial charge in [-0.1, -0.05) is 0 Å². The van der Waals surface area contributed by atoms with Crippen LogP contribution in [0.15, 0.2) is 17.1 Å². The van der Waals surface area contributed by atoms with Gasteiger partial charge in [0.2, 0.25) is 0 Å². The summed E-state index contributed by atoms with van der Waals surface area (Å²) in [4.78, 5) is 33.0. The first-order valence-corrected chi connectivity index (χ1v) is 8.57. The van der Waals surface area contributed by atoms with Crippen molar-refractivity contribution in [1.82, 2.24) is 30.8 Å². The van der Waals surface area contributed by atoms with Crippen molar-refractivity contribution in [3.63, 3.8) is 0 Å². The Bertz CT molecular complexity index is 1070. The fourth-order valence-corrected chi connectivity index (χ4v) is 3.48. The minimum absolute atomic E-state index is 0.233. The van der Waals surface area contributed by atoms with Crippen LogP contribution in [0.5, 0.6) is 0 Å². The number of fused-ring (bicyclic) bond motifs is 2. The summed E-state index contributed by atoms with van der Waals surface area (Å²) in [5.41, 5.74) is 5.61. The second kappa shape index (κ2) is 6.38. The molecular weight excluding hydrogens is 332 g/mol. The van der Waals surface area contributed by atoms with Crippen LogP contribution in [0.3, 0.4) is 0 Å². The molecule has 134 valence electrons. The summed E-state index contributed by atoms with van der Waals surface area (Å²) in [6, 6.07) is 1.64. The lowest BCUT2D eigenvalue weighted by molar-refractivity contribution is 0.0946. The van der Waals surface area contributed by atoms with Crippen LogP contribution in [0.4, 0.5) is 0 Å². The van der Waals surface area contributed by atoms with Gasteiger partial charge in [0.05, 0.1) is 5.39 Å². The first-order valence-electron chi connectivity index (χ1n) is 8.57. The van der Waals surface area contributed by atoms with Gasteiger partial charge in [0, 0.05) is 25.0 Å². The standard InChI is InChI=1S/C18H20N6O2/c1-9-5-14(22-16-15(9)18(26)24-23-16)17(25)21-8-13-10(2)20-7-11-6-19-4-3-12(11)13/h5,7,19H,3-4,6,8H2,1-2H3,(H,21,25)(H2,22,23,24,26). The zero-order valence-electron chi connectivity index (χ0n) is 14.7. The molecule has 0 atom stereocenters. The summed E-state index contributed by atoms with van der Waals surface area (Å²) < 4.78 is 0. The van der Waals surface area contributed by atoms with E-state index in [0.717, 1.165) is 30.8 Å². The SMILES string of the molecule is Cc1ncc2c(c1CNC(=O)c1cc(C)c3c(=O)[nH][nH]c3n1)CCNC2. The smallest absolute Gasteiger partial charge is 0.273 e. The number of pyridine rings is 2. The fourth-order valence-electron chi connectivity index (χ4n) is 3.48. The number of aryl methyl sites for hydroxylation is 2. The van der Waals surface area contributed by atoms with Crippen molar-refractivity contribution < 1.29 is 4.79 Å². The first-order chi connectivity index (χ1) is 12.5. The van der Waals surface area contributed by atoms with Gasteiger partial charge in [0.25, 0.3) is 11.5 Å². The van der Waals surface area contributed by atoms with Crippen LogP contribution in [-0.4, -0.2) is 32.6 Å². The molecule has 0 radical (unpaired) electrons. The Morgan fingerprint density at radius 1 is 1.31 bits per heavy atom. The van der Waals surface area contributed by atoms with E-state index in [4.69, 9.17) is 0 Å². The van der Waals surface area contributed by atoms with Gasteiger partial charge in [-0.3, -0.25) is 24.8 Å². The van der Waals surface area contributed by atoms with E-state index in [1.165, 1.54) is 11.1 Å². The maximum atomic E-state index is 12.6. The minimum atomic E-state index is -0.275. The predicted octanol–water partition coefficient (Wildman–Crippen LogP) is 0.839. The topological polar surface area (TPSA) is 116 Å². The molecule has 4 rings (SSSR count). The maximum absolute atomic E-state index is 12.6. The van der Waals surface area contributed by atoms with Gasteiger partial charge in [-0.15, -0.1) is 0 Å². The van der Waals surface area contributed by atoms with Crippen molar-refractivity contribution in [2.24, 2.45) is 0 Å². The van der Waals surface area contributed by atoms with E-state index in [1.54, 1.807) is 13.0 Å². The van der Waals surface area contributed by atoms with Gasteiger partial charge in [-0.2, -0.15) is 0 Å². The largest absolute Gasteiger partial charge is 0.347 e. The number of aromatic nitrogens is 4. The van der Waals surface area contributed by atoms with Crippen LogP contribution in [0, 0.1) is 13.8 Å². The fraction of sp³-hybridized carbons (Fsp3) is 0.333. The van der Waals surface area contributed by atoms with E-state index in [0.29, 0.717) is 23.1 Å². The van der Waals surface area contributed by atoms with Crippen molar-refractivity contribution in [2.45, 2.75) is 33.4 Å². The predicted molar refractivity (Wildman–Crippen MR) is 97.0 cm³/mol. The molecule has 0 saturated carbocycles.